The molecule has 0 atom stereocenters. The van der Waals surface area contributed by atoms with Crippen LogP contribution in [0.15, 0.2) is 66.9 Å². The lowest BCUT2D eigenvalue weighted by molar-refractivity contribution is -0.131. The number of hydrogen-bond donors (Lipinski definition) is 0. The molecule has 5 heteroatoms. The van der Waals surface area contributed by atoms with Crippen LogP contribution in [0.5, 0.6) is 0 Å². The molecule has 0 spiro atoms. The van der Waals surface area contributed by atoms with Gasteiger partial charge in [0, 0.05) is 30.0 Å². The number of amides is 1. The van der Waals surface area contributed by atoms with E-state index >= 15 is 0 Å². The molecule has 2 aromatic carbocycles. The molecule has 0 radical (unpaired) electrons. The van der Waals surface area contributed by atoms with E-state index in [4.69, 9.17) is 11.6 Å². The fraction of sp³-hybridized carbons (Fsp3) is 0.292. The van der Waals surface area contributed by atoms with E-state index < -0.39 is 0 Å². The van der Waals surface area contributed by atoms with E-state index in [1.54, 1.807) is 12.1 Å². The third kappa shape index (κ3) is 6.20. The van der Waals surface area contributed by atoms with E-state index in [-0.39, 0.29) is 18.1 Å². The molecule has 3 aromatic rings. The van der Waals surface area contributed by atoms with Crippen LogP contribution in [0, 0.1) is 11.7 Å². The number of rotatable bonds is 8. The minimum absolute atomic E-state index is 0.0424. The molecule has 0 N–H and O–H groups in total. The van der Waals surface area contributed by atoms with Crippen molar-refractivity contribution in [3.63, 3.8) is 0 Å². The number of aromatic nitrogens is 1. The molecule has 1 aromatic heterocycles. The Labute approximate surface area is 176 Å². The number of carbonyl (C=O) groups excluding carboxylic acids is 1. The molecule has 0 saturated carbocycles. The van der Waals surface area contributed by atoms with Crippen molar-refractivity contribution >= 4 is 17.5 Å². The van der Waals surface area contributed by atoms with Crippen LogP contribution in [0.1, 0.15) is 30.7 Å². The molecular formula is C24H26ClFN2O. The molecule has 0 unspecified atom stereocenters. The Balaban J connectivity index is 1.74. The van der Waals surface area contributed by atoms with Crippen molar-refractivity contribution < 1.29 is 9.18 Å². The van der Waals surface area contributed by atoms with Gasteiger partial charge in [-0.25, -0.2) is 4.39 Å². The standard InChI is InChI=1S/C24H26ClFN2O/c1-18(2)15-28(24(29)14-19-8-10-22(26)11-9-19)17-23-7-4-12-27(23)16-20-5-3-6-21(25)13-20/h3-13,18H,14-17H2,1-2H3. The molecule has 0 bridgehead atoms. The molecule has 0 fully saturated rings. The summed E-state index contributed by atoms with van der Waals surface area (Å²) in [6.07, 6.45) is 2.29. The van der Waals surface area contributed by atoms with Gasteiger partial charge in [0.15, 0.2) is 0 Å². The average molecular weight is 413 g/mol. The normalized spacial score (nSPS) is 11.1. The predicted octanol–water partition coefficient (Wildman–Crippen LogP) is 5.56. The van der Waals surface area contributed by atoms with Crippen LogP contribution in [0.2, 0.25) is 5.02 Å². The number of nitrogens with zero attached hydrogens (tertiary/aromatic N) is 2. The minimum atomic E-state index is -0.293. The van der Waals surface area contributed by atoms with Crippen LogP contribution >= 0.6 is 11.6 Å². The maximum atomic E-state index is 13.1. The smallest absolute Gasteiger partial charge is 0.227 e. The molecular weight excluding hydrogens is 387 g/mol. The lowest BCUT2D eigenvalue weighted by Gasteiger charge is -2.25. The van der Waals surface area contributed by atoms with E-state index in [0.717, 1.165) is 16.8 Å². The molecule has 29 heavy (non-hydrogen) atoms. The Morgan fingerprint density at radius 3 is 2.52 bits per heavy atom. The zero-order valence-electron chi connectivity index (χ0n) is 16.8. The van der Waals surface area contributed by atoms with E-state index in [9.17, 15) is 9.18 Å². The Hall–Kier alpha value is -2.59. The van der Waals surface area contributed by atoms with Crippen molar-refractivity contribution in [3.05, 3.63) is 94.5 Å². The van der Waals surface area contributed by atoms with Crippen molar-refractivity contribution in [2.24, 2.45) is 5.92 Å². The molecule has 0 saturated heterocycles. The number of halogens is 2. The van der Waals surface area contributed by atoms with Crippen molar-refractivity contribution in [1.29, 1.82) is 0 Å². The van der Waals surface area contributed by atoms with Crippen molar-refractivity contribution in [2.75, 3.05) is 6.54 Å². The van der Waals surface area contributed by atoms with Gasteiger partial charge in [0.05, 0.1) is 13.0 Å². The number of hydrogen-bond acceptors (Lipinski definition) is 1. The van der Waals surface area contributed by atoms with E-state index in [0.29, 0.717) is 30.6 Å². The minimum Gasteiger partial charge on any atom is -0.345 e. The van der Waals surface area contributed by atoms with Crippen molar-refractivity contribution in [2.45, 2.75) is 33.4 Å². The Bertz CT molecular complexity index is 950. The third-order valence-electron chi connectivity index (χ3n) is 4.73. The fourth-order valence-corrected chi connectivity index (χ4v) is 3.57. The van der Waals surface area contributed by atoms with Crippen LogP contribution in [-0.2, 0) is 24.3 Å². The summed E-state index contributed by atoms with van der Waals surface area (Å²) in [4.78, 5) is 14.9. The first-order chi connectivity index (χ1) is 13.9. The Kier molecular flexibility index (Phi) is 7.10. The fourth-order valence-electron chi connectivity index (χ4n) is 3.36. The zero-order chi connectivity index (χ0) is 20.8. The van der Waals surface area contributed by atoms with Gasteiger partial charge in [-0.2, -0.15) is 0 Å². The summed E-state index contributed by atoms with van der Waals surface area (Å²) in [6, 6.07) is 18.0. The van der Waals surface area contributed by atoms with E-state index in [1.165, 1.54) is 12.1 Å². The largest absolute Gasteiger partial charge is 0.345 e. The summed E-state index contributed by atoms with van der Waals surface area (Å²) in [5.41, 5.74) is 3.00. The van der Waals surface area contributed by atoms with E-state index in [2.05, 4.69) is 18.4 Å². The van der Waals surface area contributed by atoms with Gasteiger partial charge in [-0.3, -0.25) is 4.79 Å². The van der Waals surface area contributed by atoms with Crippen LogP contribution in [-0.4, -0.2) is 21.9 Å². The third-order valence-corrected chi connectivity index (χ3v) is 4.96. The highest BCUT2D eigenvalue weighted by Gasteiger charge is 2.17. The van der Waals surface area contributed by atoms with Crippen LogP contribution in [0.3, 0.4) is 0 Å². The van der Waals surface area contributed by atoms with Gasteiger partial charge >= 0.3 is 0 Å². The highest BCUT2D eigenvalue weighted by atomic mass is 35.5. The molecule has 0 aliphatic heterocycles. The summed E-state index contributed by atoms with van der Waals surface area (Å²) in [6.45, 7) is 6.10. The van der Waals surface area contributed by atoms with Crippen molar-refractivity contribution in [3.8, 4) is 0 Å². The first-order valence-corrected chi connectivity index (χ1v) is 10.2. The molecule has 3 nitrogen and oxygen atoms in total. The molecule has 0 aliphatic carbocycles. The summed E-state index contributed by atoms with van der Waals surface area (Å²) in [5.74, 6) is 0.100. The first kappa shape index (κ1) is 21.1. The Morgan fingerprint density at radius 1 is 1.07 bits per heavy atom. The van der Waals surface area contributed by atoms with Gasteiger partial charge in [-0.15, -0.1) is 0 Å². The highest BCUT2D eigenvalue weighted by Crippen LogP contribution is 2.16. The van der Waals surface area contributed by atoms with Gasteiger partial charge in [-0.1, -0.05) is 49.7 Å². The maximum Gasteiger partial charge on any atom is 0.227 e. The highest BCUT2D eigenvalue weighted by molar-refractivity contribution is 6.30. The second-order valence-corrected chi connectivity index (χ2v) is 8.17. The molecule has 1 heterocycles. The summed E-state index contributed by atoms with van der Waals surface area (Å²) >= 11 is 6.11. The summed E-state index contributed by atoms with van der Waals surface area (Å²) in [7, 11) is 0. The van der Waals surface area contributed by atoms with Crippen LogP contribution in [0.4, 0.5) is 4.39 Å². The molecule has 152 valence electrons. The number of carbonyl (C=O) groups is 1. The monoisotopic (exact) mass is 412 g/mol. The van der Waals surface area contributed by atoms with Gasteiger partial charge in [-0.05, 0) is 53.4 Å². The van der Waals surface area contributed by atoms with Crippen LogP contribution < -0.4 is 0 Å². The second kappa shape index (κ2) is 9.75. The number of benzene rings is 2. The van der Waals surface area contributed by atoms with Crippen molar-refractivity contribution in [1.82, 2.24) is 9.47 Å². The zero-order valence-corrected chi connectivity index (χ0v) is 17.6. The van der Waals surface area contributed by atoms with Gasteiger partial charge < -0.3 is 9.47 Å². The van der Waals surface area contributed by atoms with E-state index in [1.807, 2.05) is 47.5 Å². The molecule has 0 aliphatic rings. The lowest BCUT2D eigenvalue weighted by Crippen LogP contribution is -2.35. The molecule has 1 amide bonds. The topological polar surface area (TPSA) is 25.2 Å². The Morgan fingerprint density at radius 2 is 1.83 bits per heavy atom. The SMILES string of the molecule is CC(C)CN(Cc1cccn1Cc1cccc(Cl)c1)C(=O)Cc1ccc(F)cc1. The predicted molar refractivity (Wildman–Crippen MR) is 115 cm³/mol. The molecule has 3 rings (SSSR count). The second-order valence-electron chi connectivity index (χ2n) is 7.73. The summed E-state index contributed by atoms with van der Waals surface area (Å²) < 4.78 is 15.3. The quantitative estimate of drug-likeness (QED) is 0.475. The van der Waals surface area contributed by atoms with Gasteiger partial charge in [0.1, 0.15) is 5.82 Å². The first-order valence-electron chi connectivity index (χ1n) is 9.81. The maximum absolute atomic E-state index is 13.1. The van der Waals surface area contributed by atoms with Gasteiger partial charge in [0.2, 0.25) is 5.91 Å². The average Bonchev–Trinajstić information content (AvgIpc) is 3.09. The van der Waals surface area contributed by atoms with Crippen LogP contribution in [0.25, 0.3) is 0 Å². The summed E-state index contributed by atoms with van der Waals surface area (Å²) in [5, 5.41) is 0.715. The lowest BCUT2D eigenvalue weighted by atomic mass is 10.1. The van der Waals surface area contributed by atoms with Gasteiger partial charge in [0.25, 0.3) is 0 Å².